The first-order chi connectivity index (χ1) is 7.88. The smallest absolute Gasteiger partial charge is 0.419 e. The van der Waals surface area contributed by atoms with E-state index in [1.54, 1.807) is 0 Å². The number of aliphatic hydroxyl groups is 1. The summed E-state index contributed by atoms with van der Waals surface area (Å²) >= 11 is 0. The van der Waals surface area contributed by atoms with Crippen molar-refractivity contribution in [3.8, 4) is 5.75 Å². The molecule has 1 aliphatic heterocycles. The molecule has 1 N–H and O–H groups in total. The first kappa shape index (κ1) is 12.2. The highest BCUT2D eigenvalue weighted by Gasteiger charge is 2.44. The minimum atomic E-state index is -4.51. The van der Waals surface area contributed by atoms with E-state index in [9.17, 15) is 18.3 Å². The van der Waals surface area contributed by atoms with Crippen molar-refractivity contribution in [2.45, 2.75) is 11.8 Å². The van der Waals surface area contributed by atoms with Crippen molar-refractivity contribution in [3.05, 3.63) is 29.3 Å². The molecule has 1 aromatic carbocycles. The summed E-state index contributed by atoms with van der Waals surface area (Å²) in [5.41, 5.74) is -2.16. The van der Waals surface area contributed by atoms with E-state index in [1.807, 2.05) is 0 Å². The molecule has 1 aromatic rings. The van der Waals surface area contributed by atoms with E-state index in [-0.39, 0.29) is 24.5 Å². The lowest BCUT2D eigenvalue weighted by molar-refractivity contribution is -0.186. The molecule has 6 heteroatoms. The van der Waals surface area contributed by atoms with Crippen molar-refractivity contribution in [3.63, 3.8) is 0 Å². The van der Waals surface area contributed by atoms with Crippen LogP contribution in [0.1, 0.15) is 11.1 Å². The van der Waals surface area contributed by atoms with Crippen LogP contribution in [0.3, 0.4) is 0 Å². The van der Waals surface area contributed by atoms with E-state index < -0.39 is 17.3 Å². The second-order valence-corrected chi connectivity index (χ2v) is 3.91. The van der Waals surface area contributed by atoms with Gasteiger partial charge in [-0.2, -0.15) is 13.2 Å². The van der Waals surface area contributed by atoms with Crippen LogP contribution >= 0.6 is 0 Å². The van der Waals surface area contributed by atoms with Crippen LogP contribution in [-0.2, 0) is 16.5 Å². The van der Waals surface area contributed by atoms with Gasteiger partial charge in [0, 0.05) is 5.56 Å². The monoisotopic (exact) mass is 248 g/mol. The fourth-order valence-electron chi connectivity index (χ4n) is 1.80. The van der Waals surface area contributed by atoms with Crippen molar-refractivity contribution >= 4 is 0 Å². The molecule has 0 aliphatic carbocycles. The van der Waals surface area contributed by atoms with Crippen LogP contribution in [0.2, 0.25) is 0 Å². The highest BCUT2D eigenvalue weighted by atomic mass is 19.4. The van der Waals surface area contributed by atoms with Gasteiger partial charge in [-0.25, -0.2) is 0 Å². The summed E-state index contributed by atoms with van der Waals surface area (Å²) in [6, 6.07) is 3.58. The molecule has 0 atom stereocenters. The fourth-order valence-corrected chi connectivity index (χ4v) is 1.80. The number of methoxy groups -OCH3 is 1. The van der Waals surface area contributed by atoms with Gasteiger partial charge in [0.1, 0.15) is 11.4 Å². The van der Waals surface area contributed by atoms with E-state index in [1.165, 1.54) is 12.1 Å². The van der Waals surface area contributed by atoms with Crippen molar-refractivity contribution in [1.29, 1.82) is 0 Å². The maximum Gasteiger partial charge on any atom is 0.419 e. The molecule has 0 saturated carbocycles. The Labute approximate surface area is 95.8 Å². The Hall–Kier alpha value is -1.27. The molecule has 0 radical (unpaired) electrons. The van der Waals surface area contributed by atoms with E-state index in [2.05, 4.69) is 0 Å². The zero-order valence-electron chi connectivity index (χ0n) is 9.04. The van der Waals surface area contributed by atoms with Crippen LogP contribution in [0.25, 0.3) is 0 Å². The summed E-state index contributed by atoms with van der Waals surface area (Å²) < 4.78 is 47.8. The molecule has 3 nitrogen and oxygen atoms in total. The molecule has 2 rings (SSSR count). The van der Waals surface area contributed by atoms with Crippen LogP contribution in [-0.4, -0.2) is 25.4 Å². The van der Waals surface area contributed by atoms with Gasteiger partial charge in [-0.05, 0) is 6.07 Å². The molecule has 17 heavy (non-hydrogen) atoms. The standard InChI is InChI=1S/C11H11F3O3/c1-16-9-7(10(15)5-17-6-10)3-2-4-8(9)11(12,13)14/h2-4,15H,5-6H2,1H3. The Morgan fingerprint density at radius 3 is 2.41 bits per heavy atom. The van der Waals surface area contributed by atoms with Gasteiger partial charge in [-0.3, -0.25) is 0 Å². The van der Waals surface area contributed by atoms with E-state index >= 15 is 0 Å². The van der Waals surface area contributed by atoms with Gasteiger partial charge in [0.15, 0.2) is 0 Å². The first-order valence-electron chi connectivity index (χ1n) is 4.93. The Morgan fingerprint density at radius 2 is 2.00 bits per heavy atom. The third-order valence-electron chi connectivity index (χ3n) is 2.71. The first-order valence-corrected chi connectivity index (χ1v) is 4.93. The SMILES string of the molecule is COc1c(C(F)(F)F)cccc1C1(O)COC1. The number of ether oxygens (including phenoxy) is 2. The quantitative estimate of drug-likeness (QED) is 0.869. The zero-order valence-corrected chi connectivity index (χ0v) is 9.04. The average Bonchev–Trinajstić information content (AvgIpc) is 2.23. The van der Waals surface area contributed by atoms with Crippen LogP contribution in [0, 0.1) is 0 Å². The van der Waals surface area contributed by atoms with Crippen LogP contribution in [0.15, 0.2) is 18.2 Å². The van der Waals surface area contributed by atoms with E-state index in [4.69, 9.17) is 9.47 Å². The number of benzene rings is 1. The van der Waals surface area contributed by atoms with Gasteiger partial charge >= 0.3 is 6.18 Å². The second kappa shape index (κ2) is 3.89. The summed E-state index contributed by atoms with van der Waals surface area (Å²) in [5, 5.41) is 10.0. The number of alkyl halides is 3. The number of rotatable bonds is 2. The van der Waals surface area contributed by atoms with E-state index in [0.717, 1.165) is 13.2 Å². The Kier molecular flexibility index (Phi) is 2.79. The molecular formula is C11H11F3O3. The summed E-state index contributed by atoms with van der Waals surface area (Å²) in [6.07, 6.45) is -4.51. The van der Waals surface area contributed by atoms with Gasteiger partial charge < -0.3 is 14.6 Å². The van der Waals surface area contributed by atoms with Crippen molar-refractivity contribution in [1.82, 2.24) is 0 Å². The molecule has 1 saturated heterocycles. The normalized spacial score (nSPS) is 18.6. The van der Waals surface area contributed by atoms with Gasteiger partial charge in [0.2, 0.25) is 0 Å². The molecular weight excluding hydrogens is 237 g/mol. The summed E-state index contributed by atoms with van der Waals surface area (Å²) in [7, 11) is 1.15. The molecule has 0 spiro atoms. The lowest BCUT2D eigenvalue weighted by atomic mass is 9.89. The summed E-state index contributed by atoms with van der Waals surface area (Å²) in [5.74, 6) is -0.342. The van der Waals surface area contributed by atoms with Crippen molar-refractivity contribution in [2.24, 2.45) is 0 Å². The predicted molar refractivity (Wildman–Crippen MR) is 52.7 cm³/mol. The summed E-state index contributed by atoms with van der Waals surface area (Å²) in [6.45, 7) is -0.0463. The van der Waals surface area contributed by atoms with Crippen molar-refractivity contribution in [2.75, 3.05) is 20.3 Å². The van der Waals surface area contributed by atoms with Gasteiger partial charge in [-0.1, -0.05) is 12.1 Å². The molecule has 0 bridgehead atoms. The second-order valence-electron chi connectivity index (χ2n) is 3.91. The zero-order chi connectivity index (χ0) is 12.7. The molecule has 1 aliphatic rings. The number of halogens is 3. The largest absolute Gasteiger partial charge is 0.496 e. The topological polar surface area (TPSA) is 38.7 Å². The number of para-hydroxylation sites is 1. The average molecular weight is 248 g/mol. The highest BCUT2D eigenvalue weighted by Crippen LogP contribution is 2.43. The Morgan fingerprint density at radius 1 is 1.35 bits per heavy atom. The molecule has 0 amide bonds. The number of hydrogen-bond donors (Lipinski definition) is 1. The molecule has 1 fully saturated rings. The van der Waals surface area contributed by atoms with Crippen LogP contribution in [0.4, 0.5) is 13.2 Å². The van der Waals surface area contributed by atoms with Crippen LogP contribution in [0.5, 0.6) is 5.75 Å². The van der Waals surface area contributed by atoms with Gasteiger partial charge in [0.05, 0.1) is 25.9 Å². The molecule has 1 heterocycles. The third-order valence-corrected chi connectivity index (χ3v) is 2.71. The lowest BCUT2D eigenvalue weighted by Gasteiger charge is -2.37. The van der Waals surface area contributed by atoms with Crippen molar-refractivity contribution < 1.29 is 27.8 Å². The molecule has 0 aromatic heterocycles. The third kappa shape index (κ3) is 1.98. The Bertz CT molecular complexity index is 424. The lowest BCUT2D eigenvalue weighted by Crippen LogP contribution is -2.46. The van der Waals surface area contributed by atoms with Gasteiger partial charge in [-0.15, -0.1) is 0 Å². The maximum atomic E-state index is 12.7. The number of hydrogen-bond acceptors (Lipinski definition) is 3. The van der Waals surface area contributed by atoms with E-state index in [0.29, 0.717) is 0 Å². The highest BCUT2D eigenvalue weighted by molar-refractivity contribution is 5.47. The minimum absolute atomic E-state index is 0.0231. The van der Waals surface area contributed by atoms with Gasteiger partial charge in [0.25, 0.3) is 0 Å². The predicted octanol–water partition coefficient (Wildman–Crippen LogP) is 1.93. The summed E-state index contributed by atoms with van der Waals surface area (Å²) in [4.78, 5) is 0. The maximum absolute atomic E-state index is 12.7. The van der Waals surface area contributed by atoms with Crippen LogP contribution < -0.4 is 4.74 Å². The Balaban J connectivity index is 2.54. The molecule has 0 unspecified atom stereocenters. The molecule has 94 valence electrons. The fraction of sp³-hybridized carbons (Fsp3) is 0.455. The minimum Gasteiger partial charge on any atom is -0.496 e.